The Bertz CT molecular complexity index is 1300. The van der Waals surface area contributed by atoms with E-state index in [0.29, 0.717) is 18.0 Å². The van der Waals surface area contributed by atoms with Crippen molar-refractivity contribution < 1.29 is 4.79 Å². The number of amides is 1. The molecule has 5 rings (SSSR count). The summed E-state index contributed by atoms with van der Waals surface area (Å²) < 4.78 is 1.02. The molecule has 0 atom stereocenters. The molecule has 1 aliphatic rings. The highest BCUT2D eigenvalue weighted by atomic mass is 79.9. The molecule has 3 heterocycles. The third-order valence-electron chi connectivity index (χ3n) is 6.45. The van der Waals surface area contributed by atoms with E-state index in [4.69, 9.17) is 4.98 Å². The van der Waals surface area contributed by atoms with Crippen molar-refractivity contribution in [1.29, 1.82) is 0 Å². The Hall–Kier alpha value is -2.96. The minimum Gasteiger partial charge on any atom is -0.379 e. The number of nitrogens with zero attached hydrogens (tertiary/aromatic N) is 2. The fourth-order valence-corrected chi connectivity index (χ4v) is 5.92. The number of thiophene rings is 1. The van der Waals surface area contributed by atoms with E-state index in [0.717, 1.165) is 47.4 Å². The molecule has 0 saturated carbocycles. The molecular weight excluding hydrogens is 506 g/mol. The summed E-state index contributed by atoms with van der Waals surface area (Å²) in [5.74, 6) is 0.569. The van der Waals surface area contributed by atoms with Crippen molar-refractivity contribution >= 4 is 55.2 Å². The van der Waals surface area contributed by atoms with Gasteiger partial charge in [0.05, 0.1) is 21.5 Å². The molecule has 1 aliphatic heterocycles. The normalized spacial score (nSPS) is 14.7. The van der Waals surface area contributed by atoms with Crippen LogP contribution in [-0.4, -0.2) is 28.9 Å². The number of nitrogens with one attached hydrogen (secondary N) is 1. The first kappa shape index (κ1) is 22.8. The van der Waals surface area contributed by atoms with Gasteiger partial charge in [0, 0.05) is 36.8 Å². The molecule has 0 aliphatic carbocycles. The van der Waals surface area contributed by atoms with Gasteiger partial charge in [-0.2, -0.15) is 0 Å². The van der Waals surface area contributed by atoms with Crippen LogP contribution in [0, 0.1) is 0 Å². The minimum atomic E-state index is 0.0578. The van der Waals surface area contributed by atoms with E-state index in [1.165, 1.54) is 11.1 Å². The lowest BCUT2D eigenvalue weighted by Crippen LogP contribution is -2.38. The molecule has 1 N–H and O–H groups in total. The Labute approximate surface area is 212 Å². The van der Waals surface area contributed by atoms with Crippen LogP contribution in [0.15, 0.2) is 77.2 Å². The van der Waals surface area contributed by atoms with Crippen LogP contribution in [0.4, 0.5) is 5.69 Å². The summed E-state index contributed by atoms with van der Waals surface area (Å²) in [4.78, 5) is 22.2. The molecule has 0 radical (unpaired) electrons. The second kappa shape index (κ2) is 10.5. The lowest BCUT2D eigenvalue weighted by atomic mass is 9.89. The van der Waals surface area contributed by atoms with Gasteiger partial charge in [0.15, 0.2) is 0 Å². The van der Waals surface area contributed by atoms with Crippen molar-refractivity contribution in [2.45, 2.75) is 25.3 Å². The third-order valence-corrected chi connectivity index (χ3v) is 7.72. The zero-order chi connectivity index (χ0) is 23.3. The molecule has 6 heteroatoms. The van der Waals surface area contributed by atoms with Crippen molar-refractivity contribution in [1.82, 2.24) is 9.88 Å². The van der Waals surface area contributed by atoms with Gasteiger partial charge in [-0.1, -0.05) is 76.6 Å². The summed E-state index contributed by atoms with van der Waals surface area (Å²) in [6, 6.07) is 20.9. The van der Waals surface area contributed by atoms with Crippen LogP contribution in [-0.2, 0) is 6.54 Å². The van der Waals surface area contributed by atoms with Crippen molar-refractivity contribution in [2.75, 3.05) is 18.4 Å². The highest BCUT2D eigenvalue weighted by Crippen LogP contribution is 2.36. The average molecular weight is 533 g/mol. The number of benzene rings is 2. The van der Waals surface area contributed by atoms with Gasteiger partial charge < -0.3 is 10.2 Å². The maximum Gasteiger partial charge on any atom is 0.257 e. The molecule has 4 aromatic rings. The number of pyridine rings is 1. The molecule has 4 nitrogen and oxygen atoms in total. The largest absolute Gasteiger partial charge is 0.379 e. The maximum absolute atomic E-state index is 13.7. The molecular formula is C28H26BrN3OS. The Kier molecular flexibility index (Phi) is 7.07. The van der Waals surface area contributed by atoms with Gasteiger partial charge in [-0.05, 0) is 40.9 Å². The second-order valence-corrected chi connectivity index (χ2v) is 9.93. The number of anilines is 1. The lowest BCUT2D eigenvalue weighted by Gasteiger charge is -2.32. The van der Waals surface area contributed by atoms with E-state index in [-0.39, 0.29) is 5.91 Å². The molecule has 1 amide bonds. The van der Waals surface area contributed by atoms with Crippen LogP contribution in [0.1, 0.15) is 45.8 Å². The van der Waals surface area contributed by atoms with Gasteiger partial charge in [-0.25, -0.2) is 0 Å². The molecule has 2 aromatic carbocycles. The van der Waals surface area contributed by atoms with E-state index in [2.05, 4.69) is 69.1 Å². The highest BCUT2D eigenvalue weighted by molar-refractivity contribution is 9.11. The molecule has 0 bridgehead atoms. The zero-order valence-electron chi connectivity index (χ0n) is 18.8. The lowest BCUT2D eigenvalue weighted by molar-refractivity contribution is 0.0713. The second-order valence-electron chi connectivity index (χ2n) is 8.52. The molecule has 0 unspecified atom stereocenters. The van der Waals surface area contributed by atoms with Crippen LogP contribution in [0.25, 0.3) is 16.3 Å². The van der Waals surface area contributed by atoms with Gasteiger partial charge in [0.2, 0.25) is 0 Å². The Balaban J connectivity index is 1.42. The van der Waals surface area contributed by atoms with E-state index in [1.807, 2.05) is 34.2 Å². The molecule has 172 valence electrons. The van der Waals surface area contributed by atoms with Crippen LogP contribution < -0.4 is 5.32 Å². The number of rotatable bonds is 6. The van der Waals surface area contributed by atoms with Gasteiger partial charge in [0.25, 0.3) is 5.91 Å². The minimum absolute atomic E-state index is 0.0578. The number of carbonyl (C=O) groups excluding carboxylic acids is 1. The van der Waals surface area contributed by atoms with Gasteiger partial charge in [-0.3, -0.25) is 9.78 Å². The number of aromatic nitrogens is 1. The number of likely N-dealkylation sites (tertiary alicyclic amines) is 1. The quantitative estimate of drug-likeness (QED) is 0.284. The van der Waals surface area contributed by atoms with Crippen molar-refractivity contribution in [3.05, 3.63) is 99.5 Å². The summed E-state index contributed by atoms with van der Waals surface area (Å²) >= 11 is 4.99. The zero-order valence-corrected chi connectivity index (χ0v) is 21.2. The van der Waals surface area contributed by atoms with Crippen molar-refractivity contribution in [3.63, 3.8) is 0 Å². The molecule has 1 saturated heterocycles. The molecule has 34 heavy (non-hydrogen) atoms. The van der Waals surface area contributed by atoms with Gasteiger partial charge >= 0.3 is 0 Å². The standard InChI is InChI=1S/C28H26BrN3OS/c29-14-11-23-19-34-27-25(23)31-18-24(26(27)30-17-20-7-3-1-4-8-20)28(33)32-15-12-22(13-16-32)21-9-5-2-6-10-21/h1-11,14,18-19,22H,12-13,15-17H2,(H,30,31). The summed E-state index contributed by atoms with van der Waals surface area (Å²) in [5.41, 5.74) is 6.03. The van der Waals surface area contributed by atoms with E-state index < -0.39 is 0 Å². The summed E-state index contributed by atoms with van der Waals surface area (Å²) in [6.45, 7) is 2.17. The third kappa shape index (κ3) is 4.79. The number of hydrogen-bond acceptors (Lipinski definition) is 4. The first-order chi connectivity index (χ1) is 16.7. The predicted molar refractivity (Wildman–Crippen MR) is 146 cm³/mol. The van der Waals surface area contributed by atoms with E-state index >= 15 is 0 Å². The SMILES string of the molecule is O=C(c1cnc2c(C=CBr)csc2c1NCc1ccccc1)N1CCC(c2ccccc2)CC1. The molecule has 1 fully saturated rings. The van der Waals surface area contributed by atoms with Crippen LogP contribution in [0.5, 0.6) is 0 Å². The van der Waals surface area contributed by atoms with Crippen LogP contribution >= 0.6 is 27.3 Å². The van der Waals surface area contributed by atoms with Crippen LogP contribution in [0.3, 0.4) is 0 Å². The topological polar surface area (TPSA) is 45.2 Å². The summed E-state index contributed by atoms with van der Waals surface area (Å²) in [6.07, 6.45) is 5.71. The fraction of sp³-hybridized carbons (Fsp3) is 0.214. The van der Waals surface area contributed by atoms with E-state index in [1.54, 1.807) is 17.5 Å². The summed E-state index contributed by atoms with van der Waals surface area (Å²) in [7, 11) is 0. The first-order valence-electron chi connectivity index (χ1n) is 11.5. The Morgan fingerprint density at radius 2 is 1.79 bits per heavy atom. The Morgan fingerprint density at radius 1 is 1.09 bits per heavy atom. The number of fused-ring (bicyclic) bond motifs is 1. The fourth-order valence-electron chi connectivity index (χ4n) is 4.61. The smallest absolute Gasteiger partial charge is 0.257 e. The number of carbonyl (C=O) groups is 1. The Morgan fingerprint density at radius 3 is 2.50 bits per heavy atom. The number of halogens is 1. The highest BCUT2D eigenvalue weighted by Gasteiger charge is 2.27. The van der Waals surface area contributed by atoms with Crippen molar-refractivity contribution in [2.24, 2.45) is 0 Å². The summed E-state index contributed by atoms with van der Waals surface area (Å²) in [5, 5.41) is 5.66. The molecule has 0 spiro atoms. The monoisotopic (exact) mass is 531 g/mol. The van der Waals surface area contributed by atoms with Gasteiger partial charge in [0.1, 0.15) is 0 Å². The number of hydrogen-bond donors (Lipinski definition) is 1. The predicted octanol–water partition coefficient (Wildman–Crippen LogP) is 7.29. The van der Waals surface area contributed by atoms with Crippen LogP contribution in [0.2, 0.25) is 0 Å². The maximum atomic E-state index is 13.7. The first-order valence-corrected chi connectivity index (χ1v) is 13.3. The average Bonchev–Trinajstić information content (AvgIpc) is 3.31. The van der Waals surface area contributed by atoms with E-state index in [9.17, 15) is 4.79 Å². The van der Waals surface area contributed by atoms with Crippen molar-refractivity contribution in [3.8, 4) is 0 Å². The van der Waals surface area contributed by atoms with Gasteiger partial charge in [-0.15, -0.1) is 11.3 Å². The number of piperidine rings is 1. The molecule has 2 aromatic heterocycles.